The SMILES string of the molecule is Cc1nc(C)c(Cc2ccccc2)c(Nc2ccc(-c3csc(-c4ccccc4)n3)cc2)n1. The van der Waals surface area contributed by atoms with Crippen molar-refractivity contribution in [1.82, 2.24) is 15.0 Å². The zero-order valence-electron chi connectivity index (χ0n) is 18.6. The van der Waals surface area contributed by atoms with Crippen molar-refractivity contribution in [3.63, 3.8) is 0 Å². The molecule has 2 heterocycles. The Morgan fingerprint density at radius 2 is 1.42 bits per heavy atom. The second-order valence-electron chi connectivity index (χ2n) is 7.95. The van der Waals surface area contributed by atoms with E-state index in [-0.39, 0.29) is 0 Å². The van der Waals surface area contributed by atoms with Crippen LogP contribution in [-0.2, 0) is 6.42 Å². The number of nitrogens with one attached hydrogen (secondary N) is 1. The molecule has 4 nitrogen and oxygen atoms in total. The molecule has 5 heteroatoms. The Bertz CT molecular complexity index is 1360. The molecule has 0 aliphatic carbocycles. The van der Waals surface area contributed by atoms with Gasteiger partial charge in [-0.3, -0.25) is 0 Å². The topological polar surface area (TPSA) is 50.7 Å². The van der Waals surface area contributed by atoms with Crippen LogP contribution >= 0.6 is 11.3 Å². The molecule has 0 fully saturated rings. The number of hydrogen-bond acceptors (Lipinski definition) is 5. The Balaban J connectivity index is 1.38. The van der Waals surface area contributed by atoms with Crippen LogP contribution in [0.2, 0.25) is 0 Å². The van der Waals surface area contributed by atoms with Crippen molar-refractivity contribution in [2.75, 3.05) is 5.32 Å². The van der Waals surface area contributed by atoms with Crippen molar-refractivity contribution in [2.24, 2.45) is 0 Å². The van der Waals surface area contributed by atoms with E-state index in [0.29, 0.717) is 0 Å². The number of anilines is 2. The Morgan fingerprint density at radius 1 is 0.727 bits per heavy atom. The maximum absolute atomic E-state index is 4.83. The third-order valence-electron chi connectivity index (χ3n) is 5.52. The van der Waals surface area contributed by atoms with Gasteiger partial charge in [-0.2, -0.15) is 0 Å². The van der Waals surface area contributed by atoms with Crippen molar-refractivity contribution in [3.8, 4) is 21.8 Å². The lowest BCUT2D eigenvalue weighted by molar-refractivity contribution is 0.965. The van der Waals surface area contributed by atoms with Gasteiger partial charge in [-0.25, -0.2) is 15.0 Å². The third-order valence-corrected chi connectivity index (χ3v) is 6.41. The molecule has 0 bridgehead atoms. The Hall–Kier alpha value is -3.83. The van der Waals surface area contributed by atoms with E-state index in [2.05, 4.69) is 76.3 Å². The second kappa shape index (κ2) is 9.35. The maximum Gasteiger partial charge on any atom is 0.137 e. The Morgan fingerprint density at radius 3 is 2.15 bits per heavy atom. The van der Waals surface area contributed by atoms with Crippen LogP contribution in [0.4, 0.5) is 11.5 Å². The molecule has 2 aromatic heterocycles. The minimum atomic E-state index is 0.763. The lowest BCUT2D eigenvalue weighted by Crippen LogP contribution is -2.06. The number of benzene rings is 3. The van der Waals surface area contributed by atoms with E-state index in [9.17, 15) is 0 Å². The van der Waals surface area contributed by atoms with Crippen LogP contribution in [0.25, 0.3) is 21.8 Å². The molecule has 0 unspecified atom stereocenters. The highest BCUT2D eigenvalue weighted by atomic mass is 32.1. The van der Waals surface area contributed by atoms with Crippen molar-refractivity contribution >= 4 is 22.8 Å². The van der Waals surface area contributed by atoms with Gasteiger partial charge in [-0.15, -0.1) is 11.3 Å². The largest absolute Gasteiger partial charge is 0.340 e. The fourth-order valence-electron chi connectivity index (χ4n) is 3.83. The molecule has 0 radical (unpaired) electrons. The van der Waals surface area contributed by atoms with Gasteiger partial charge in [0.1, 0.15) is 16.6 Å². The summed E-state index contributed by atoms with van der Waals surface area (Å²) in [6.45, 7) is 3.98. The predicted molar refractivity (Wildman–Crippen MR) is 137 cm³/mol. The summed E-state index contributed by atoms with van der Waals surface area (Å²) in [6, 6.07) is 29.1. The number of rotatable bonds is 6. The highest BCUT2D eigenvalue weighted by Gasteiger charge is 2.12. The zero-order valence-corrected chi connectivity index (χ0v) is 19.4. The van der Waals surface area contributed by atoms with E-state index in [1.165, 1.54) is 5.56 Å². The molecule has 5 rings (SSSR count). The standard InChI is InChI=1S/C28H24N4S/c1-19-25(17-21-9-5-3-6-10-21)27(30-20(2)29-19)31-24-15-13-22(14-16-24)26-18-33-28(32-26)23-11-7-4-8-12-23/h3-16,18H,17H2,1-2H3,(H,29,30,31). The fraction of sp³-hybridized carbons (Fsp3) is 0.107. The molecule has 0 saturated carbocycles. The average molecular weight is 449 g/mol. The van der Waals surface area contributed by atoms with Gasteiger partial charge in [-0.05, 0) is 31.5 Å². The molecule has 0 aliphatic rings. The van der Waals surface area contributed by atoms with E-state index < -0.39 is 0 Å². The summed E-state index contributed by atoms with van der Waals surface area (Å²) in [5.41, 5.74) is 7.58. The monoisotopic (exact) mass is 448 g/mol. The zero-order chi connectivity index (χ0) is 22.6. The van der Waals surface area contributed by atoms with Gasteiger partial charge in [0, 0.05) is 39.9 Å². The molecule has 0 aliphatic heterocycles. The molecule has 0 saturated heterocycles. The van der Waals surface area contributed by atoms with Gasteiger partial charge in [0.25, 0.3) is 0 Å². The van der Waals surface area contributed by atoms with Gasteiger partial charge in [0.15, 0.2) is 0 Å². The summed E-state index contributed by atoms with van der Waals surface area (Å²) in [7, 11) is 0. The molecule has 33 heavy (non-hydrogen) atoms. The smallest absolute Gasteiger partial charge is 0.137 e. The number of aromatic nitrogens is 3. The average Bonchev–Trinajstić information content (AvgIpc) is 3.33. The predicted octanol–water partition coefficient (Wildman–Crippen LogP) is 7.22. The number of thiazole rings is 1. The molecule has 3 aromatic carbocycles. The minimum absolute atomic E-state index is 0.763. The molecule has 0 atom stereocenters. The normalized spacial score (nSPS) is 10.8. The number of aryl methyl sites for hydroxylation is 2. The van der Waals surface area contributed by atoms with Crippen LogP contribution in [0.5, 0.6) is 0 Å². The van der Waals surface area contributed by atoms with Gasteiger partial charge in [0.2, 0.25) is 0 Å². The van der Waals surface area contributed by atoms with Crippen molar-refractivity contribution in [3.05, 3.63) is 113 Å². The molecule has 0 amide bonds. The van der Waals surface area contributed by atoms with E-state index in [0.717, 1.165) is 56.8 Å². The second-order valence-corrected chi connectivity index (χ2v) is 8.81. The van der Waals surface area contributed by atoms with E-state index in [4.69, 9.17) is 9.97 Å². The maximum atomic E-state index is 4.83. The highest BCUT2D eigenvalue weighted by molar-refractivity contribution is 7.13. The fourth-order valence-corrected chi connectivity index (χ4v) is 4.67. The summed E-state index contributed by atoms with van der Waals surface area (Å²) in [4.78, 5) is 14.1. The first-order chi connectivity index (χ1) is 16.2. The lowest BCUT2D eigenvalue weighted by Gasteiger charge is -2.14. The third kappa shape index (κ3) is 4.83. The summed E-state index contributed by atoms with van der Waals surface area (Å²) in [6.07, 6.45) is 0.786. The summed E-state index contributed by atoms with van der Waals surface area (Å²) in [5, 5.41) is 6.66. The first-order valence-electron chi connectivity index (χ1n) is 10.9. The first-order valence-corrected chi connectivity index (χ1v) is 11.8. The number of nitrogens with zero attached hydrogens (tertiary/aromatic N) is 3. The lowest BCUT2D eigenvalue weighted by atomic mass is 10.0. The van der Waals surface area contributed by atoms with Gasteiger partial charge in [0.05, 0.1) is 5.69 Å². The van der Waals surface area contributed by atoms with Crippen LogP contribution in [-0.4, -0.2) is 15.0 Å². The van der Waals surface area contributed by atoms with Gasteiger partial charge in [-0.1, -0.05) is 72.8 Å². The van der Waals surface area contributed by atoms with Gasteiger partial charge >= 0.3 is 0 Å². The van der Waals surface area contributed by atoms with E-state index >= 15 is 0 Å². The first kappa shape index (κ1) is 21.0. The Labute approximate surface area is 198 Å². The van der Waals surface area contributed by atoms with Crippen molar-refractivity contribution in [2.45, 2.75) is 20.3 Å². The van der Waals surface area contributed by atoms with Crippen molar-refractivity contribution < 1.29 is 0 Å². The summed E-state index contributed by atoms with van der Waals surface area (Å²) in [5.74, 6) is 1.62. The van der Waals surface area contributed by atoms with Gasteiger partial charge < -0.3 is 5.32 Å². The highest BCUT2D eigenvalue weighted by Crippen LogP contribution is 2.30. The molecule has 1 N–H and O–H groups in total. The number of hydrogen-bond donors (Lipinski definition) is 1. The summed E-state index contributed by atoms with van der Waals surface area (Å²) >= 11 is 1.67. The van der Waals surface area contributed by atoms with Crippen LogP contribution in [0, 0.1) is 13.8 Å². The van der Waals surface area contributed by atoms with E-state index in [1.54, 1.807) is 11.3 Å². The minimum Gasteiger partial charge on any atom is -0.340 e. The molecular formula is C28H24N4S. The van der Waals surface area contributed by atoms with E-state index in [1.807, 2.05) is 38.1 Å². The van der Waals surface area contributed by atoms with Crippen LogP contribution in [0.1, 0.15) is 22.6 Å². The molecule has 5 aromatic rings. The van der Waals surface area contributed by atoms with Crippen LogP contribution in [0.3, 0.4) is 0 Å². The molecule has 0 spiro atoms. The Kier molecular flexibility index (Phi) is 5.96. The summed E-state index contributed by atoms with van der Waals surface area (Å²) < 4.78 is 0. The van der Waals surface area contributed by atoms with Crippen molar-refractivity contribution in [1.29, 1.82) is 0 Å². The van der Waals surface area contributed by atoms with Crippen LogP contribution < -0.4 is 5.32 Å². The quantitative estimate of drug-likeness (QED) is 0.298. The molecule has 162 valence electrons. The van der Waals surface area contributed by atoms with Crippen LogP contribution in [0.15, 0.2) is 90.3 Å². The molecular weight excluding hydrogens is 424 g/mol.